The molecule has 0 radical (unpaired) electrons. The van der Waals surface area contributed by atoms with Crippen LogP contribution in [0.4, 0.5) is 4.79 Å². The molecule has 0 aliphatic carbocycles. The minimum absolute atomic E-state index is 0.0329. The zero-order chi connectivity index (χ0) is 39.7. The fourth-order valence-electron chi connectivity index (χ4n) is 8.97. The number of methoxy groups -OCH3 is 1. The highest BCUT2D eigenvalue weighted by molar-refractivity contribution is 6.20. The van der Waals surface area contributed by atoms with Crippen molar-refractivity contribution in [2.45, 2.75) is 78.4 Å². The molecule has 57 heavy (non-hydrogen) atoms. The number of carbonyl (C=O) groups is 3. The van der Waals surface area contributed by atoms with Crippen molar-refractivity contribution in [3.63, 3.8) is 0 Å². The molecular formula is C45H49N7O5. The summed E-state index contributed by atoms with van der Waals surface area (Å²) in [5.41, 5.74) is 9.39. The summed E-state index contributed by atoms with van der Waals surface area (Å²) in [6, 6.07) is 20.0. The fraction of sp³-hybridized carbons (Fsp3) is 0.400. The number of carbonyl (C=O) groups excluding carboxylic acids is 3. The lowest BCUT2D eigenvalue weighted by atomic mass is 9.92. The molecule has 3 amide bonds. The lowest BCUT2D eigenvalue weighted by molar-refractivity contribution is -0.137. The van der Waals surface area contributed by atoms with E-state index in [9.17, 15) is 14.4 Å². The fourth-order valence-corrected chi connectivity index (χ4v) is 8.97. The summed E-state index contributed by atoms with van der Waals surface area (Å²) in [6.07, 6.45) is 2.87. The van der Waals surface area contributed by atoms with Crippen molar-refractivity contribution in [1.29, 1.82) is 0 Å². The molecule has 4 unspecified atom stereocenters. The van der Waals surface area contributed by atoms with E-state index in [0.29, 0.717) is 6.54 Å². The maximum Gasteiger partial charge on any atom is 0.407 e. The lowest BCUT2D eigenvalue weighted by Crippen LogP contribution is -2.51. The van der Waals surface area contributed by atoms with Crippen LogP contribution in [0, 0.1) is 17.8 Å². The third-order valence-corrected chi connectivity index (χ3v) is 12.4. The second-order valence-corrected chi connectivity index (χ2v) is 16.6. The molecule has 3 N–H and O–H groups in total. The number of aromatic nitrogens is 4. The van der Waals surface area contributed by atoms with Gasteiger partial charge in [0, 0.05) is 29.8 Å². The first-order valence-corrected chi connectivity index (χ1v) is 20.2. The molecule has 0 saturated carbocycles. The molecule has 2 aliphatic rings. The van der Waals surface area contributed by atoms with Gasteiger partial charge in [0.05, 0.1) is 41.3 Å². The number of hydrogen-bond donors (Lipinski definition) is 3. The largest absolute Gasteiger partial charge is 0.456 e. The van der Waals surface area contributed by atoms with Gasteiger partial charge in [0.15, 0.2) is 0 Å². The smallest absolute Gasteiger partial charge is 0.407 e. The van der Waals surface area contributed by atoms with Crippen molar-refractivity contribution in [2.24, 2.45) is 17.8 Å². The second kappa shape index (κ2) is 14.2. The van der Waals surface area contributed by atoms with Gasteiger partial charge in [0.1, 0.15) is 28.9 Å². The summed E-state index contributed by atoms with van der Waals surface area (Å²) < 4.78 is 11.1. The van der Waals surface area contributed by atoms with E-state index in [4.69, 9.17) is 19.1 Å². The van der Waals surface area contributed by atoms with Gasteiger partial charge in [-0.1, -0.05) is 58.9 Å². The Bertz CT molecular complexity index is 2650. The van der Waals surface area contributed by atoms with Gasteiger partial charge in [-0.05, 0) is 96.2 Å². The number of rotatable bonds is 9. The molecular weight excluding hydrogens is 719 g/mol. The van der Waals surface area contributed by atoms with Gasteiger partial charge < -0.3 is 34.2 Å². The highest BCUT2D eigenvalue weighted by atomic mass is 16.5. The number of alkyl carbamates (subject to hydrolysis) is 1. The minimum Gasteiger partial charge on any atom is -0.456 e. The van der Waals surface area contributed by atoms with Crippen LogP contribution in [0.25, 0.3) is 66.3 Å². The van der Waals surface area contributed by atoms with Gasteiger partial charge in [0.2, 0.25) is 11.8 Å². The number of fused-ring (bicyclic) bond motifs is 7. The van der Waals surface area contributed by atoms with Crippen LogP contribution in [-0.2, 0) is 14.3 Å². The van der Waals surface area contributed by atoms with Crippen molar-refractivity contribution >= 4 is 61.9 Å². The highest BCUT2D eigenvalue weighted by Gasteiger charge is 2.38. The van der Waals surface area contributed by atoms with E-state index in [0.717, 1.165) is 110 Å². The van der Waals surface area contributed by atoms with E-state index < -0.39 is 12.1 Å². The molecule has 6 heterocycles. The van der Waals surface area contributed by atoms with Gasteiger partial charge in [0.25, 0.3) is 0 Å². The highest BCUT2D eigenvalue weighted by Crippen LogP contribution is 2.45. The first-order valence-electron chi connectivity index (χ1n) is 20.2. The maximum atomic E-state index is 13.7. The zero-order valence-corrected chi connectivity index (χ0v) is 33.3. The van der Waals surface area contributed by atoms with Crippen LogP contribution < -0.4 is 5.32 Å². The van der Waals surface area contributed by atoms with E-state index in [1.165, 1.54) is 7.11 Å². The van der Waals surface area contributed by atoms with Gasteiger partial charge in [-0.15, -0.1) is 0 Å². The average molecular weight is 768 g/mol. The van der Waals surface area contributed by atoms with E-state index >= 15 is 0 Å². The third kappa shape index (κ3) is 6.25. The Morgan fingerprint density at radius 3 is 1.70 bits per heavy atom. The predicted octanol–water partition coefficient (Wildman–Crippen LogP) is 9.11. The Kier molecular flexibility index (Phi) is 9.17. The van der Waals surface area contributed by atoms with Crippen molar-refractivity contribution in [1.82, 2.24) is 35.1 Å². The van der Waals surface area contributed by atoms with Crippen molar-refractivity contribution < 1.29 is 23.5 Å². The van der Waals surface area contributed by atoms with E-state index in [1.807, 2.05) is 48.8 Å². The van der Waals surface area contributed by atoms with Gasteiger partial charge in [-0.25, -0.2) is 14.8 Å². The number of imidazole rings is 2. The Morgan fingerprint density at radius 2 is 1.23 bits per heavy atom. The predicted molar refractivity (Wildman–Crippen MR) is 221 cm³/mol. The topological polar surface area (TPSA) is 149 Å². The summed E-state index contributed by atoms with van der Waals surface area (Å²) in [5, 5.41) is 4.84. The number of H-pyrrole nitrogens is 2. The lowest BCUT2D eigenvalue weighted by Gasteiger charge is -2.29. The third-order valence-electron chi connectivity index (χ3n) is 12.4. The van der Waals surface area contributed by atoms with Crippen LogP contribution in [0.2, 0.25) is 0 Å². The number of aromatic amines is 2. The Balaban J connectivity index is 1.02. The average Bonchev–Trinajstić information content (AvgIpc) is 4.07. The van der Waals surface area contributed by atoms with Gasteiger partial charge in [-0.3, -0.25) is 9.59 Å². The van der Waals surface area contributed by atoms with Crippen molar-refractivity contribution in [3.8, 4) is 22.3 Å². The second-order valence-electron chi connectivity index (χ2n) is 16.6. The summed E-state index contributed by atoms with van der Waals surface area (Å²) in [4.78, 5) is 60.1. The number of benzene rings is 4. The monoisotopic (exact) mass is 767 g/mol. The van der Waals surface area contributed by atoms with Crippen LogP contribution >= 0.6 is 0 Å². The standard InChI is InChI=1S/C45H49N7O5/c1-23(2)25(5)43(53)51-19-7-9-34(51)41-46-30-15-11-26(21-32(30)48-41)28-13-14-29(39-37-18-17-36(57-37)38(28)39)27-12-16-31-33(22-27)49-42(47-31)35-10-8-20-52(35)44(54)40(24(3)4)50-45(55)56-6/h11-18,21-25,34-35,40H,7-10,19-20H2,1-6H3,(H,46,48)(H,47,49)(H,50,55). The van der Waals surface area contributed by atoms with E-state index in [1.54, 1.807) is 0 Å². The molecule has 2 bridgehead atoms. The number of hydrogen-bond acceptors (Lipinski definition) is 7. The molecule has 4 atom stereocenters. The Morgan fingerprint density at radius 1 is 0.719 bits per heavy atom. The van der Waals surface area contributed by atoms with Crippen molar-refractivity contribution in [2.75, 3.05) is 20.2 Å². The molecule has 12 nitrogen and oxygen atoms in total. The summed E-state index contributed by atoms with van der Waals surface area (Å²) in [7, 11) is 1.30. The zero-order valence-electron chi connectivity index (χ0n) is 33.3. The summed E-state index contributed by atoms with van der Waals surface area (Å²) in [5.74, 6) is 1.79. The van der Waals surface area contributed by atoms with Crippen LogP contribution in [0.15, 0.2) is 65.1 Å². The van der Waals surface area contributed by atoms with E-state index in [2.05, 4.69) is 71.6 Å². The molecule has 294 valence electrons. The van der Waals surface area contributed by atoms with Gasteiger partial charge >= 0.3 is 6.09 Å². The molecule has 9 rings (SSSR count). The van der Waals surface area contributed by atoms with Crippen LogP contribution in [-0.4, -0.2) is 73.9 Å². The number of furan rings is 2. The van der Waals surface area contributed by atoms with Crippen LogP contribution in [0.3, 0.4) is 0 Å². The molecule has 12 heteroatoms. The molecule has 2 saturated heterocycles. The quantitative estimate of drug-likeness (QED) is 0.133. The maximum absolute atomic E-state index is 13.7. The molecule has 4 aromatic heterocycles. The number of amides is 3. The Labute approximate surface area is 330 Å². The number of likely N-dealkylation sites (tertiary alicyclic amines) is 2. The minimum atomic E-state index is -0.696. The van der Waals surface area contributed by atoms with E-state index in [-0.39, 0.29) is 41.7 Å². The molecule has 3 aromatic carbocycles. The number of ether oxygens (including phenoxy) is 1. The summed E-state index contributed by atoms with van der Waals surface area (Å²) in [6.45, 7) is 11.4. The normalized spacial score (nSPS) is 18.6. The molecule has 0 spiro atoms. The number of nitrogens with zero attached hydrogens (tertiary/aromatic N) is 4. The molecule has 2 fully saturated rings. The summed E-state index contributed by atoms with van der Waals surface area (Å²) >= 11 is 0. The van der Waals surface area contributed by atoms with Crippen LogP contribution in [0.5, 0.6) is 0 Å². The first-order chi connectivity index (χ1) is 27.5. The Hall–Kier alpha value is -5.91. The molecule has 7 aromatic rings. The van der Waals surface area contributed by atoms with Crippen LogP contribution in [0.1, 0.15) is 84.0 Å². The van der Waals surface area contributed by atoms with Crippen molar-refractivity contribution in [3.05, 3.63) is 72.3 Å². The SMILES string of the molecule is COC(=O)NC(C(=O)N1CCCC1c1nc2ccc(-c3ccc(-c4ccc5nc(C6CCCN6C(=O)C(C)C(C)C)[nH]c5c4)c4c5ccc(o5)c34)cc2[nH]1)C(C)C. The number of nitrogens with one attached hydrogen (secondary N) is 3. The van der Waals surface area contributed by atoms with Gasteiger partial charge in [-0.2, -0.15) is 0 Å². The molecule has 2 aliphatic heterocycles. The first kappa shape index (κ1) is 36.7.